The van der Waals surface area contributed by atoms with Crippen molar-refractivity contribution in [2.24, 2.45) is 0 Å². The van der Waals surface area contributed by atoms with Gasteiger partial charge in [0.25, 0.3) is 0 Å². The fraction of sp³-hybridized carbons (Fsp3) is 0.0833. The van der Waals surface area contributed by atoms with E-state index in [1.165, 1.54) is 0 Å². The minimum Gasteiger partial charge on any atom is -0.266 e. The summed E-state index contributed by atoms with van der Waals surface area (Å²) in [5, 5.41) is 8.72. The van der Waals surface area contributed by atoms with Crippen molar-refractivity contribution in [1.29, 1.82) is 0 Å². The molecular weight excluding hydrogens is 316 g/mol. The second-order valence-corrected chi connectivity index (χ2v) is 5.15. The van der Waals surface area contributed by atoms with Crippen LogP contribution in [0.4, 0.5) is 0 Å². The van der Waals surface area contributed by atoms with Crippen LogP contribution in [0.3, 0.4) is 0 Å². The summed E-state index contributed by atoms with van der Waals surface area (Å²) in [5.74, 6) is 0.805. The zero-order chi connectivity index (χ0) is 12.5. The molecule has 0 amide bonds. The molecule has 18 heavy (non-hydrogen) atoms. The van der Waals surface area contributed by atoms with E-state index in [1.54, 1.807) is 16.8 Å². The molecule has 0 spiro atoms. The first kappa shape index (κ1) is 11.6. The molecule has 0 aliphatic heterocycles. The molecule has 4 nitrogen and oxygen atoms in total. The Balaban J connectivity index is 2.02. The number of hydrogen-bond acceptors (Lipinski definition) is 3. The van der Waals surface area contributed by atoms with Crippen LogP contribution < -0.4 is 0 Å². The molecule has 0 saturated carbocycles. The van der Waals surface area contributed by atoms with Crippen molar-refractivity contribution in [3.63, 3.8) is 0 Å². The third-order valence-corrected chi connectivity index (χ3v) is 3.41. The Bertz CT molecular complexity index is 693. The summed E-state index contributed by atoms with van der Waals surface area (Å²) in [4.78, 5) is 3.98. The number of halogens is 2. The number of aromatic nitrogens is 4. The molecule has 3 rings (SSSR count). The third kappa shape index (κ3) is 2.11. The van der Waals surface area contributed by atoms with E-state index in [0.717, 1.165) is 15.9 Å². The quantitative estimate of drug-likeness (QED) is 0.727. The summed E-state index contributed by atoms with van der Waals surface area (Å²) in [6, 6.07) is 8.09. The standard InChI is InChI=1S/C12H8BrClN4/c13-9-3-1-8(2-4-9)5-11-16-17-12-7-15-6-10(14)18(11)12/h1-4,6-7H,5H2. The van der Waals surface area contributed by atoms with E-state index in [9.17, 15) is 0 Å². The van der Waals surface area contributed by atoms with E-state index < -0.39 is 0 Å². The van der Waals surface area contributed by atoms with Gasteiger partial charge in [-0.15, -0.1) is 10.2 Å². The van der Waals surface area contributed by atoms with E-state index in [1.807, 2.05) is 24.3 Å². The molecule has 0 N–H and O–H groups in total. The number of rotatable bonds is 2. The van der Waals surface area contributed by atoms with Gasteiger partial charge in [-0.2, -0.15) is 0 Å². The molecule has 0 atom stereocenters. The lowest BCUT2D eigenvalue weighted by Gasteiger charge is -2.02. The molecule has 0 aliphatic carbocycles. The van der Waals surface area contributed by atoms with Gasteiger partial charge in [0.1, 0.15) is 11.0 Å². The van der Waals surface area contributed by atoms with Gasteiger partial charge in [0.15, 0.2) is 5.65 Å². The summed E-state index contributed by atoms with van der Waals surface area (Å²) < 4.78 is 2.86. The Morgan fingerprint density at radius 1 is 1.11 bits per heavy atom. The highest BCUT2D eigenvalue weighted by Gasteiger charge is 2.09. The number of hydrogen-bond donors (Lipinski definition) is 0. The maximum absolute atomic E-state index is 6.11. The van der Waals surface area contributed by atoms with Crippen molar-refractivity contribution in [1.82, 2.24) is 19.6 Å². The zero-order valence-electron chi connectivity index (χ0n) is 9.22. The van der Waals surface area contributed by atoms with Crippen LogP contribution in [0.25, 0.3) is 5.65 Å². The van der Waals surface area contributed by atoms with Gasteiger partial charge in [0, 0.05) is 10.9 Å². The average Bonchev–Trinajstić information content (AvgIpc) is 2.77. The van der Waals surface area contributed by atoms with Crippen LogP contribution in [0.5, 0.6) is 0 Å². The molecule has 1 aromatic carbocycles. The first-order valence-corrected chi connectivity index (χ1v) is 6.49. The minimum absolute atomic E-state index is 0.518. The maximum atomic E-state index is 6.11. The van der Waals surface area contributed by atoms with Crippen LogP contribution in [0.1, 0.15) is 11.4 Å². The maximum Gasteiger partial charge on any atom is 0.180 e. The second-order valence-electron chi connectivity index (χ2n) is 3.84. The van der Waals surface area contributed by atoms with Crippen LogP contribution in [0.2, 0.25) is 5.15 Å². The highest BCUT2D eigenvalue weighted by molar-refractivity contribution is 9.10. The van der Waals surface area contributed by atoms with Crippen molar-refractivity contribution >= 4 is 33.2 Å². The monoisotopic (exact) mass is 322 g/mol. The molecule has 0 saturated heterocycles. The molecule has 0 bridgehead atoms. The SMILES string of the molecule is Clc1cncc2nnc(Cc3ccc(Br)cc3)n12. The predicted molar refractivity (Wildman–Crippen MR) is 72.7 cm³/mol. The van der Waals surface area contributed by atoms with E-state index in [0.29, 0.717) is 17.2 Å². The van der Waals surface area contributed by atoms with Crippen LogP contribution in [0.15, 0.2) is 41.1 Å². The zero-order valence-corrected chi connectivity index (χ0v) is 11.6. The minimum atomic E-state index is 0.518. The first-order chi connectivity index (χ1) is 8.74. The smallest absolute Gasteiger partial charge is 0.180 e. The highest BCUT2D eigenvalue weighted by atomic mass is 79.9. The van der Waals surface area contributed by atoms with Crippen LogP contribution in [-0.2, 0) is 6.42 Å². The van der Waals surface area contributed by atoms with E-state index >= 15 is 0 Å². The van der Waals surface area contributed by atoms with Gasteiger partial charge >= 0.3 is 0 Å². The molecular formula is C12H8BrClN4. The Hall–Kier alpha value is -1.46. The fourth-order valence-corrected chi connectivity index (χ4v) is 2.27. The number of fused-ring (bicyclic) bond motifs is 1. The largest absolute Gasteiger partial charge is 0.266 e. The molecule has 3 aromatic rings. The van der Waals surface area contributed by atoms with Crippen LogP contribution in [0, 0.1) is 0 Å². The number of nitrogens with zero attached hydrogens (tertiary/aromatic N) is 4. The van der Waals surface area contributed by atoms with Crippen molar-refractivity contribution in [2.45, 2.75) is 6.42 Å². The number of benzene rings is 1. The summed E-state index contributed by atoms with van der Waals surface area (Å²) in [6.07, 6.45) is 3.91. The fourth-order valence-electron chi connectivity index (χ4n) is 1.77. The summed E-state index contributed by atoms with van der Waals surface area (Å²) in [5.41, 5.74) is 1.81. The van der Waals surface area contributed by atoms with Gasteiger partial charge in [-0.1, -0.05) is 39.7 Å². The molecule has 0 unspecified atom stereocenters. The van der Waals surface area contributed by atoms with Crippen molar-refractivity contribution in [3.05, 3.63) is 57.7 Å². The Kier molecular flexibility index (Phi) is 3.01. The van der Waals surface area contributed by atoms with Gasteiger partial charge in [-0.05, 0) is 17.7 Å². The topological polar surface area (TPSA) is 43.1 Å². The van der Waals surface area contributed by atoms with Crippen molar-refractivity contribution in [2.75, 3.05) is 0 Å². The molecule has 0 radical (unpaired) electrons. The van der Waals surface area contributed by atoms with Crippen LogP contribution >= 0.6 is 27.5 Å². The van der Waals surface area contributed by atoms with Crippen molar-refractivity contribution < 1.29 is 0 Å². The second kappa shape index (κ2) is 4.66. The van der Waals surface area contributed by atoms with Gasteiger partial charge in [0.2, 0.25) is 0 Å². The summed E-state index contributed by atoms with van der Waals surface area (Å²) in [6.45, 7) is 0. The lowest BCUT2D eigenvalue weighted by atomic mass is 10.1. The van der Waals surface area contributed by atoms with Gasteiger partial charge in [-0.25, -0.2) is 0 Å². The van der Waals surface area contributed by atoms with Gasteiger partial charge in [-0.3, -0.25) is 9.38 Å². The summed E-state index contributed by atoms with van der Waals surface area (Å²) >= 11 is 9.52. The molecule has 0 fully saturated rings. The van der Waals surface area contributed by atoms with Crippen LogP contribution in [-0.4, -0.2) is 19.6 Å². The highest BCUT2D eigenvalue weighted by Crippen LogP contribution is 2.16. The van der Waals surface area contributed by atoms with E-state index in [-0.39, 0.29) is 0 Å². The van der Waals surface area contributed by atoms with Crippen molar-refractivity contribution in [3.8, 4) is 0 Å². The third-order valence-electron chi connectivity index (χ3n) is 2.62. The average molecular weight is 324 g/mol. The van der Waals surface area contributed by atoms with E-state index in [4.69, 9.17) is 11.6 Å². The summed E-state index contributed by atoms with van der Waals surface area (Å²) in [7, 11) is 0. The molecule has 6 heteroatoms. The molecule has 2 aromatic heterocycles. The molecule has 90 valence electrons. The lowest BCUT2D eigenvalue weighted by molar-refractivity contribution is 0.931. The predicted octanol–water partition coefficient (Wildman–Crippen LogP) is 3.13. The first-order valence-electron chi connectivity index (χ1n) is 5.32. The van der Waals surface area contributed by atoms with Gasteiger partial charge in [0.05, 0.1) is 12.4 Å². The Labute approximate surface area is 117 Å². The Morgan fingerprint density at radius 3 is 2.67 bits per heavy atom. The normalized spacial score (nSPS) is 11.0. The van der Waals surface area contributed by atoms with Gasteiger partial charge < -0.3 is 0 Å². The molecule has 0 aliphatic rings. The Morgan fingerprint density at radius 2 is 1.89 bits per heavy atom. The molecule has 2 heterocycles. The van der Waals surface area contributed by atoms with E-state index in [2.05, 4.69) is 31.1 Å². The lowest BCUT2D eigenvalue weighted by Crippen LogP contribution is -1.98.